The standard InChI is InChI=1S/C21H18N6O3/c1-29-13-8-6-12(7-9-13)17-10-15(14-4-2-3-5-16(14)24-17)19(28)30-11-18-25-20(22)27-21(23)26-18/h2-10H,11H2,1H3,(H4,22,23,25,26,27). The first kappa shape index (κ1) is 19.1. The molecular weight excluding hydrogens is 384 g/mol. The van der Waals surface area contributed by atoms with Gasteiger partial charge in [0, 0.05) is 10.9 Å². The number of anilines is 2. The number of carbonyl (C=O) groups excluding carboxylic acids is 1. The Kier molecular flexibility index (Phi) is 5.08. The van der Waals surface area contributed by atoms with Crippen LogP contribution in [0.15, 0.2) is 54.6 Å². The van der Waals surface area contributed by atoms with Gasteiger partial charge in [-0.25, -0.2) is 9.78 Å². The third-order valence-corrected chi connectivity index (χ3v) is 4.37. The fourth-order valence-corrected chi connectivity index (χ4v) is 2.98. The maximum Gasteiger partial charge on any atom is 0.339 e. The highest BCUT2D eigenvalue weighted by Crippen LogP contribution is 2.27. The molecule has 0 atom stereocenters. The molecule has 0 unspecified atom stereocenters. The number of pyridine rings is 1. The molecule has 0 aliphatic carbocycles. The van der Waals surface area contributed by atoms with Crippen molar-refractivity contribution in [2.24, 2.45) is 0 Å². The zero-order valence-corrected chi connectivity index (χ0v) is 16.1. The molecule has 0 radical (unpaired) electrons. The first-order valence-electron chi connectivity index (χ1n) is 9.01. The summed E-state index contributed by atoms with van der Waals surface area (Å²) >= 11 is 0. The van der Waals surface area contributed by atoms with Crippen LogP contribution < -0.4 is 16.2 Å². The summed E-state index contributed by atoms with van der Waals surface area (Å²) in [6.45, 7) is -0.190. The van der Waals surface area contributed by atoms with E-state index in [-0.39, 0.29) is 24.3 Å². The van der Waals surface area contributed by atoms with Gasteiger partial charge in [0.25, 0.3) is 0 Å². The molecule has 0 fully saturated rings. The van der Waals surface area contributed by atoms with Crippen molar-refractivity contribution in [2.45, 2.75) is 6.61 Å². The van der Waals surface area contributed by atoms with E-state index in [1.54, 1.807) is 13.2 Å². The number of nitrogens with two attached hydrogens (primary N) is 2. The Morgan fingerprint density at radius 3 is 2.33 bits per heavy atom. The van der Waals surface area contributed by atoms with E-state index in [1.807, 2.05) is 48.5 Å². The third-order valence-electron chi connectivity index (χ3n) is 4.37. The van der Waals surface area contributed by atoms with E-state index < -0.39 is 5.97 Å². The van der Waals surface area contributed by atoms with Crippen molar-refractivity contribution in [3.05, 3.63) is 66.0 Å². The predicted octanol–water partition coefficient (Wildman–Crippen LogP) is 2.62. The van der Waals surface area contributed by atoms with Crippen LogP contribution in [0.5, 0.6) is 5.75 Å². The number of para-hydroxylation sites is 1. The van der Waals surface area contributed by atoms with E-state index in [1.165, 1.54) is 0 Å². The summed E-state index contributed by atoms with van der Waals surface area (Å²) in [7, 11) is 1.60. The zero-order valence-electron chi connectivity index (χ0n) is 16.1. The molecule has 4 rings (SSSR count). The Morgan fingerprint density at radius 2 is 1.63 bits per heavy atom. The van der Waals surface area contributed by atoms with Crippen LogP contribution in [0.4, 0.5) is 11.9 Å². The summed E-state index contributed by atoms with van der Waals surface area (Å²) in [5.74, 6) is 0.285. The molecule has 2 aromatic carbocycles. The summed E-state index contributed by atoms with van der Waals surface area (Å²) in [5, 5.41) is 0.675. The maximum atomic E-state index is 12.9. The van der Waals surface area contributed by atoms with Gasteiger partial charge in [-0.2, -0.15) is 15.0 Å². The number of esters is 1. The molecule has 0 aliphatic rings. The van der Waals surface area contributed by atoms with Crippen LogP contribution in [-0.2, 0) is 11.3 Å². The number of nitrogen functional groups attached to an aromatic ring is 2. The van der Waals surface area contributed by atoms with Gasteiger partial charge in [0.2, 0.25) is 11.9 Å². The van der Waals surface area contributed by atoms with Gasteiger partial charge in [-0.15, -0.1) is 0 Å². The molecule has 0 aliphatic heterocycles. The van der Waals surface area contributed by atoms with Crippen molar-refractivity contribution in [1.82, 2.24) is 19.9 Å². The first-order chi connectivity index (χ1) is 14.5. The number of aromatic nitrogens is 4. The number of methoxy groups -OCH3 is 1. The molecule has 9 nitrogen and oxygen atoms in total. The Balaban J connectivity index is 1.68. The van der Waals surface area contributed by atoms with Crippen LogP contribution in [0.2, 0.25) is 0 Å². The topological polar surface area (TPSA) is 139 Å². The Bertz CT molecular complexity index is 1210. The minimum atomic E-state index is -0.541. The monoisotopic (exact) mass is 402 g/mol. The fourth-order valence-electron chi connectivity index (χ4n) is 2.98. The van der Waals surface area contributed by atoms with Gasteiger partial charge in [0.15, 0.2) is 12.4 Å². The quantitative estimate of drug-likeness (QED) is 0.482. The molecule has 2 aromatic heterocycles. The van der Waals surface area contributed by atoms with Gasteiger partial charge < -0.3 is 20.9 Å². The van der Waals surface area contributed by atoms with Gasteiger partial charge >= 0.3 is 5.97 Å². The SMILES string of the molecule is COc1ccc(-c2cc(C(=O)OCc3nc(N)nc(N)n3)c3ccccc3n2)cc1. The Hall–Kier alpha value is -4.27. The van der Waals surface area contributed by atoms with Crippen molar-refractivity contribution >= 4 is 28.8 Å². The van der Waals surface area contributed by atoms with E-state index in [0.717, 1.165) is 11.3 Å². The predicted molar refractivity (Wildman–Crippen MR) is 112 cm³/mol. The van der Waals surface area contributed by atoms with E-state index in [9.17, 15) is 4.79 Å². The molecule has 0 saturated carbocycles. The lowest BCUT2D eigenvalue weighted by Crippen LogP contribution is -2.11. The maximum absolute atomic E-state index is 12.9. The van der Waals surface area contributed by atoms with E-state index >= 15 is 0 Å². The highest BCUT2D eigenvalue weighted by molar-refractivity contribution is 6.04. The van der Waals surface area contributed by atoms with Gasteiger partial charge in [-0.3, -0.25) is 0 Å². The number of hydrogen-bond acceptors (Lipinski definition) is 9. The van der Waals surface area contributed by atoms with Crippen molar-refractivity contribution in [2.75, 3.05) is 18.6 Å². The second-order valence-corrected chi connectivity index (χ2v) is 6.34. The number of benzene rings is 2. The van der Waals surface area contributed by atoms with Crippen molar-refractivity contribution in [3.63, 3.8) is 0 Å². The van der Waals surface area contributed by atoms with E-state index in [4.69, 9.17) is 20.9 Å². The number of fused-ring (bicyclic) bond motifs is 1. The summed E-state index contributed by atoms with van der Waals surface area (Å²) in [5.41, 5.74) is 13.6. The number of nitrogens with zero attached hydrogens (tertiary/aromatic N) is 4. The van der Waals surface area contributed by atoms with Crippen LogP contribution in [0.1, 0.15) is 16.2 Å². The van der Waals surface area contributed by atoms with Crippen LogP contribution in [0.25, 0.3) is 22.2 Å². The molecule has 0 bridgehead atoms. The normalized spacial score (nSPS) is 10.7. The third kappa shape index (κ3) is 3.95. The molecule has 0 amide bonds. The number of ether oxygens (including phenoxy) is 2. The number of carbonyl (C=O) groups is 1. The van der Waals surface area contributed by atoms with Crippen LogP contribution in [0.3, 0.4) is 0 Å². The summed E-state index contributed by atoms with van der Waals surface area (Å²) in [6, 6.07) is 16.5. The minimum Gasteiger partial charge on any atom is -0.497 e. The number of rotatable bonds is 5. The molecule has 4 aromatic rings. The summed E-state index contributed by atoms with van der Waals surface area (Å²) in [6.07, 6.45) is 0. The fraction of sp³-hybridized carbons (Fsp3) is 0.0952. The van der Waals surface area contributed by atoms with Crippen LogP contribution in [-0.4, -0.2) is 33.0 Å². The lowest BCUT2D eigenvalue weighted by Gasteiger charge is -2.10. The molecule has 150 valence electrons. The largest absolute Gasteiger partial charge is 0.497 e. The highest BCUT2D eigenvalue weighted by atomic mass is 16.5. The minimum absolute atomic E-state index is 0.0373. The second kappa shape index (κ2) is 8.00. The van der Waals surface area contributed by atoms with Gasteiger partial charge in [-0.1, -0.05) is 18.2 Å². The van der Waals surface area contributed by atoms with Crippen LogP contribution >= 0.6 is 0 Å². The average molecular weight is 402 g/mol. The molecule has 9 heteroatoms. The lowest BCUT2D eigenvalue weighted by atomic mass is 10.0. The summed E-state index contributed by atoms with van der Waals surface area (Å²) in [4.78, 5) is 29.1. The first-order valence-corrected chi connectivity index (χ1v) is 9.01. The smallest absolute Gasteiger partial charge is 0.339 e. The Morgan fingerprint density at radius 1 is 0.933 bits per heavy atom. The zero-order chi connectivity index (χ0) is 21.1. The van der Waals surface area contributed by atoms with Crippen molar-refractivity contribution < 1.29 is 14.3 Å². The molecule has 30 heavy (non-hydrogen) atoms. The van der Waals surface area contributed by atoms with Gasteiger partial charge in [0.05, 0.1) is 23.9 Å². The van der Waals surface area contributed by atoms with Gasteiger partial charge in [0.1, 0.15) is 5.75 Å². The highest BCUT2D eigenvalue weighted by Gasteiger charge is 2.16. The van der Waals surface area contributed by atoms with E-state index in [0.29, 0.717) is 22.2 Å². The second-order valence-electron chi connectivity index (χ2n) is 6.34. The van der Waals surface area contributed by atoms with Crippen molar-refractivity contribution in [3.8, 4) is 17.0 Å². The molecule has 2 heterocycles. The average Bonchev–Trinajstić information content (AvgIpc) is 2.76. The number of hydrogen-bond donors (Lipinski definition) is 2. The lowest BCUT2D eigenvalue weighted by molar-refractivity contribution is 0.0464. The Labute approximate surface area is 171 Å². The van der Waals surface area contributed by atoms with E-state index in [2.05, 4.69) is 19.9 Å². The molecule has 0 spiro atoms. The molecular formula is C21H18N6O3. The molecule has 4 N–H and O–H groups in total. The molecule has 0 saturated heterocycles. The van der Waals surface area contributed by atoms with Crippen LogP contribution in [0, 0.1) is 0 Å². The van der Waals surface area contributed by atoms with Crippen molar-refractivity contribution in [1.29, 1.82) is 0 Å². The summed E-state index contributed by atoms with van der Waals surface area (Å²) < 4.78 is 10.6. The van der Waals surface area contributed by atoms with Gasteiger partial charge in [-0.05, 0) is 36.4 Å².